The van der Waals surface area contributed by atoms with Crippen molar-refractivity contribution >= 4 is 15.9 Å². The topological polar surface area (TPSA) is 3.24 Å². The molecular formula is C6H12BrN. The maximum atomic E-state index is 3.58. The lowest BCUT2D eigenvalue weighted by Gasteiger charge is -2.09. The third kappa shape index (κ3) is 1.46. The monoisotopic (exact) mass is 177 g/mol. The molecule has 1 fully saturated rings. The van der Waals surface area contributed by atoms with E-state index < -0.39 is 0 Å². The van der Waals surface area contributed by atoms with Crippen molar-refractivity contribution < 1.29 is 0 Å². The Morgan fingerprint density at radius 2 is 2.50 bits per heavy atom. The van der Waals surface area contributed by atoms with Gasteiger partial charge in [-0.25, -0.2) is 0 Å². The summed E-state index contributed by atoms with van der Waals surface area (Å²) >= 11 is 3.58. The Labute approximate surface area is 59.2 Å². The fourth-order valence-corrected chi connectivity index (χ4v) is 1.69. The molecule has 0 bridgehead atoms. The van der Waals surface area contributed by atoms with Crippen LogP contribution in [-0.4, -0.2) is 29.4 Å². The second-order valence-electron chi connectivity index (χ2n) is 2.28. The van der Waals surface area contributed by atoms with E-state index in [1.165, 1.54) is 26.1 Å². The molecule has 0 amide bonds. The lowest BCUT2D eigenvalue weighted by Crippen LogP contribution is -2.19. The van der Waals surface area contributed by atoms with Crippen LogP contribution >= 0.6 is 15.9 Å². The van der Waals surface area contributed by atoms with Gasteiger partial charge in [0.1, 0.15) is 0 Å². The molecule has 0 aliphatic carbocycles. The molecule has 0 aromatic carbocycles. The van der Waals surface area contributed by atoms with Crippen LogP contribution in [0.4, 0.5) is 0 Å². The van der Waals surface area contributed by atoms with Gasteiger partial charge in [0.15, 0.2) is 0 Å². The summed E-state index contributed by atoms with van der Waals surface area (Å²) in [5.41, 5.74) is 0. The lowest BCUT2D eigenvalue weighted by molar-refractivity contribution is 0.360. The number of halogens is 1. The minimum absolute atomic E-state index is 0.766. The van der Waals surface area contributed by atoms with Gasteiger partial charge in [-0.1, -0.05) is 22.9 Å². The van der Waals surface area contributed by atoms with E-state index in [2.05, 4.69) is 27.8 Å². The quantitative estimate of drug-likeness (QED) is 0.549. The number of likely N-dealkylation sites (tertiary alicyclic amines) is 1. The van der Waals surface area contributed by atoms with Crippen LogP contribution in [0, 0.1) is 0 Å². The van der Waals surface area contributed by atoms with Crippen molar-refractivity contribution in [1.29, 1.82) is 0 Å². The molecule has 1 atom stereocenters. The summed E-state index contributed by atoms with van der Waals surface area (Å²) in [7, 11) is 0. The minimum Gasteiger partial charge on any atom is -0.302 e. The van der Waals surface area contributed by atoms with E-state index in [0.717, 1.165) is 4.83 Å². The van der Waals surface area contributed by atoms with Crippen molar-refractivity contribution in [3.8, 4) is 0 Å². The Morgan fingerprint density at radius 3 is 2.75 bits per heavy atom. The van der Waals surface area contributed by atoms with Gasteiger partial charge in [-0.3, -0.25) is 0 Å². The van der Waals surface area contributed by atoms with Gasteiger partial charge in [-0.05, 0) is 19.5 Å². The predicted molar refractivity (Wildman–Crippen MR) is 39.4 cm³/mol. The van der Waals surface area contributed by atoms with Gasteiger partial charge in [0.2, 0.25) is 0 Å². The second-order valence-corrected chi connectivity index (χ2v) is 3.57. The third-order valence-corrected chi connectivity index (χ3v) is 2.41. The van der Waals surface area contributed by atoms with E-state index in [4.69, 9.17) is 0 Å². The molecule has 48 valence electrons. The maximum absolute atomic E-state index is 3.58. The predicted octanol–water partition coefficient (Wildman–Crippen LogP) is 1.48. The zero-order valence-corrected chi connectivity index (χ0v) is 6.82. The number of hydrogen-bond acceptors (Lipinski definition) is 1. The highest BCUT2D eigenvalue weighted by Crippen LogP contribution is 2.15. The number of nitrogens with zero attached hydrogens (tertiary/aromatic N) is 1. The van der Waals surface area contributed by atoms with Crippen molar-refractivity contribution in [1.82, 2.24) is 4.90 Å². The first kappa shape index (κ1) is 6.56. The fraction of sp³-hybridized carbons (Fsp3) is 1.00. The van der Waals surface area contributed by atoms with Crippen LogP contribution in [0.1, 0.15) is 13.3 Å². The van der Waals surface area contributed by atoms with E-state index in [9.17, 15) is 0 Å². The molecule has 0 saturated carbocycles. The third-order valence-electron chi connectivity index (χ3n) is 1.66. The van der Waals surface area contributed by atoms with Crippen molar-refractivity contribution in [2.45, 2.75) is 18.2 Å². The normalized spacial score (nSPS) is 31.5. The van der Waals surface area contributed by atoms with Gasteiger partial charge in [-0.15, -0.1) is 0 Å². The van der Waals surface area contributed by atoms with Crippen LogP contribution in [0.15, 0.2) is 0 Å². The fourth-order valence-electron chi connectivity index (χ4n) is 1.07. The van der Waals surface area contributed by atoms with Crippen LogP contribution in [-0.2, 0) is 0 Å². The summed E-state index contributed by atoms with van der Waals surface area (Å²) in [6.45, 7) is 5.95. The molecule has 1 rings (SSSR count). The molecule has 1 heterocycles. The molecule has 0 radical (unpaired) electrons. The highest BCUT2D eigenvalue weighted by molar-refractivity contribution is 9.09. The summed E-state index contributed by atoms with van der Waals surface area (Å²) in [5, 5.41) is 0. The number of alkyl halides is 1. The van der Waals surface area contributed by atoms with Crippen LogP contribution in [0.5, 0.6) is 0 Å². The molecule has 1 aliphatic heterocycles. The number of rotatable bonds is 1. The first-order valence-electron chi connectivity index (χ1n) is 3.19. The molecule has 1 aliphatic rings. The molecule has 1 nitrogen and oxygen atoms in total. The second kappa shape index (κ2) is 2.83. The summed E-state index contributed by atoms with van der Waals surface area (Å²) in [6, 6.07) is 0. The Morgan fingerprint density at radius 1 is 1.75 bits per heavy atom. The van der Waals surface area contributed by atoms with Gasteiger partial charge >= 0.3 is 0 Å². The van der Waals surface area contributed by atoms with Gasteiger partial charge in [0.05, 0.1) is 0 Å². The number of hydrogen-bond donors (Lipinski definition) is 0. The molecule has 1 saturated heterocycles. The average Bonchev–Trinajstić information content (AvgIpc) is 2.14. The molecule has 0 N–H and O–H groups in total. The van der Waals surface area contributed by atoms with Gasteiger partial charge in [-0.2, -0.15) is 0 Å². The summed E-state index contributed by atoms with van der Waals surface area (Å²) in [4.78, 5) is 3.22. The average molecular weight is 178 g/mol. The van der Waals surface area contributed by atoms with Crippen molar-refractivity contribution in [3.05, 3.63) is 0 Å². The molecule has 2 heteroatoms. The molecular weight excluding hydrogens is 166 g/mol. The first-order valence-corrected chi connectivity index (χ1v) is 4.11. The summed E-state index contributed by atoms with van der Waals surface area (Å²) in [5.74, 6) is 0. The summed E-state index contributed by atoms with van der Waals surface area (Å²) in [6.07, 6.45) is 1.33. The molecule has 0 unspecified atom stereocenters. The Kier molecular flexibility index (Phi) is 2.32. The van der Waals surface area contributed by atoms with E-state index in [1.807, 2.05) is 0 Å². The van der Waals surface area contributed by atoms with E-state index in [1.54, 1.807) is 0 Å². The Bertz CT molecular complexity index is 74.9. The van der Waals surface area contributed by atoms with E-state index in [0.29, 0.717) is 0 Å². The van der Waals surface area contributed by atoms with Crippen LogP contribution in [0.2, 0.25) is 0 Å². The molecule has 0 spiro atoms. The molecule has 0 aromatic heterocycles. The molecule has 8 heavy (non-hydrogen) atoms. The van der Waals surface area contributed by atoms with Crippen LogP contribution in [0.3, 0.4) is 0 Å². The lowest BCUT2D eigenvalue weighted by atomic mass is 10.4. The molecule has 0 aromatic rings. The van der Waals surface area contributed by atoms with Gasteiger partial charge < -0.3 is 4.90 Å². The Hall–Kier alpha value is 0.440. The highest BCUT2D eigenvalue weighted by atomic mass is 79.9. The first-order chi connectivity index (χ1) is 3.83. The SMILES string of the molecule is CCN1CC[C@H](Br)C1. The highest BCUT2D eigenvalue weighted by Gasteiger charge is 2.17. The smallest absolute Gasteiger partial charge is 0.0285 e. The summed E-state index contributed by atoms with van der Waals surface area (Å²) < 4.78 is 0. The van der Waals surface area contributed by atoms with Crippen molar-refractivity contribution in [2.24, 2.45) is 0 Å². The van der Waals surface area contributed by atoms with Gasteiger partial charge in [0, 0.05) is 11.4 Å². The largest absolute Gasteiger partial charge is 0.302 e. The maximum Gasteiger partial charge on any atom is 0.0285 e. The van der Waals surface area contributed by atoms with Crippen molar-refractivity contribution in [2.75, 3.05) is 19.6 Å². The zero-order chi connectivity index (χ0) is 5.98. The van der Waals surface area contributed by atoms with Gasteiger partial charge in [0.25, 0.3) is 0 Å². The standard InChI is InChI=1S/C6H12BrN/c1-2-8-4-3-6(7)5-8/h6H,2-5H2,1H3/t6-/m0/s1. The minimum atomic E-state index is 0.766. The van der Waals surface area contributed by atoms with Crippen molar-refractivity contribution in [3.63, 3.8) is 0 Å². The van der Waals surface area contributed by atoms with Crippen LogP contribution in [0.25, 0.3) is 0 Å². The van der Waals surface area contributed by atoms with E-state index in [-0.39, 0.29) is 0 Å². The van der Waals surface area contributed by atoms with Crippen LogP contribution < -0.4 is 0 Å². The Balaban J connectivity index is 2.22. The van der Waals surface area contributed by atoms with E-state index >= 15 is 0 Å². The zero-order valence-electron chi connectivity index (χ0n) is 5.23.